The highest BCUT2D eigenvalue weighted by molar-refractivity contribution is 6.74. The molecule has 1 aliphatic heterocycles. The second-order valence-electron chi connectivity index (χ2n) is 11.6. The van der Waals surface area contributed by atoms with Gasteiger partial charge in [0, 0.05) is 12.2 Å². The van der Waals surface area contributed by atoms with Crippen molar-refractivity contribution in [3.63, 3.8) is 0 Å². The van der Waals surface area contributed by atoms with Gasteiger partial charge in [0.05, 0.1) is 18.8 Å². The Labute approximate surface area is 180 Å². The standard InChI is InChI=1S/C22H43N3O2Si2/c1-21(2,3)28(7,8)26-15-18-19(27-29(9,10)22(4,5)6)13-17(25-18)16-11-12-20(23)24-14-16/h11-12,14,17-19,25H,13,15H2,1-10H3,(H2,23,24)/t17-,18-,19+/m1/s1. The van der Waals surface area contributed by atoms with Crippen molar-refractivity contribution in [1.82, 2.24) is 10.3 Å². The molecule has 0 spiro atoms. The Morgan fingerprint density at radius 2 is 1.62 bits per heavy atom. The van der Waals surface area contributed by atoms with E-state index in [1.165, 1.54) is 0 Å². The fraction of sp³-hybridized carbons (Fsp3) is 0.773. The van der Waals surface area contributed by atoms with Crippen LogP contribution in [-0.4, -0.2) is 40.4 Å². The van der Waals surface area contributed by atoms with Gasteiger partial charge in [-0.3, -0.25) is 0 Å². The van der Waals surface area contributed by atoms with E-state index in [1.807, 2.05) is 12.3 Å². The van der Waals surface area contributed by atoms with Crippen LogP contribution in [-0.2, 0) is 8.85 Å². The summed E-state index contributed by atoms with van der Waals surface area (Å²) in [6, 6.07) is 4.34. The monoisotopic (exact) mass is 437 g/mol. The van der Waals surface area contributed by atoms with Gasteiger partial charge in [-0.1, -0.05) is 47.6 Å². The molecule has 0 unspecified atom stereocenters. The maximum atomic E-state index is 6.87. The predicted octanol–water partition coefficient (Wildman–Crippen LogP) is 5.48. The van der Waals surface area contributed by atoms with Crippen LogP contribution in [0.5, 0.6) is 0 Å². The third kappa shape index (κ3) is 5.91. The minimum absolute atomic E-state index is 0.142. The molecule has 0 aromatic carbocycles. The van der Waals surface area contributed by atoms with Gasteiger partial charge in [0.1, 0.15) is 5.82 Å². The minimum Gasteiger partial charge on any atom is -0.415 e. The zero-order valence-electron chi connectivity index (χ0n) is 20.2. The Morgan fingerprint density at radius 3 is 2.10 bits per heavy atom. The Kier molecular flexibility index (Phi) is 7.12. The number of hydrogen-bond acceptors (Lipinski definition) is 5. The molecular formula is C22H43N3O2Si2. The van der Waals surface area contributed by atoms with Gasteiger partial charge < -0.3 is 19.9 Å². The molecule has 1 saturated heterocycles. The average molecular weight is 438 g/mol. The van der Waals surface area contributed by atoms with E-state index in [1.54, 1.807) is 0 Å². The van der Waals surface area contributed by atoms with Crippen molar-refractivity contribution in [2.24, 2.45) is 0 Å². The maximum Gasteiger partial charge on any atom is 0.192 e. The number of nitrogen functional groups attached to an aromatic ring is 1. The van der Waals surface area contributed by atoms with Crippen LogP contribution in [0.15, 0.2) is 18.3 Å². The van der Waals surface area contributed by atoms with Crippen molar-refractivity contribution in [2.75, 3.05) is 12.3 Å². The Morgan fingerprint density at radius 1 is 1.03 bits per heavy atom. The molecule has 3 atom stereocenters. The molecule has 2 heterocycles. The number of nitrogens with zero attached hydrogens (tertiary/aromatic N) is 1. The van der Waals surface area contributed by atoms with E-state index < -0.39 is 16.6 Å². The van der Waals surface area contributed by atoms with Crippen molar-refractivity contribution >= 4 is 22.5 Å². The number of pyridine rings is 1. The lowest BCUT2D eigenvalue weighted by molar-refractivity contribution is 0.130. The molecule has 0 bridgehead atoms. The highest BCUT2D eigenvalue weighted by Crippen LogP contribution is 2.41. The van der Waals surface area contributed by atoms with E-state index in [-0.39, 0.29) is 28.3 Å². The second-order valence-corrected chi connectivity index (χ2v) is 21.1. The molecule has 1 aromatic heterocycles. The van der Waals surface area contributed by atoms with E-state index in [0.717, 1.165) is 12.0 Å². The van der Waals surface area contributed by atoms with Crippen LogP contribution in [0.2, 0.25) is 36.3 Å². The third-order valence-electron chi connectivity index (χ3n) is 7.23. The number of nitrogens with two attached hydrogens (primary N) is 1. The lowest BCUT2D eigenvalue weighted by Gasteiger charge is -2.41. The first-order valence-electron chi connectivity index (χ1n) is 10.8. The number of nitrogens with one attached hydrogen (secondary N) is 1. The molecule has 166 valence electrons. The molecule has 0 aliphatic carbocycles. The maximum absolute atomic E-state index is 6.87. The molecule has 1 aliphatic rings. The van der Waals surface area contributed by atoms with Crippen molar-refractivity contribution in [3.05, 3.63) is 23.9 Å². The van der Waals surface area contributed by atoms with Crippen molar-refractivity contribution in [3.8, 4) is 0 Å². The lowest BCUT2D eigenvalue weighted by Crippen LogP contribution is -2.50. The van der Waals surface area contributed by atoms with E-state index in [0.29, 0.717) is 12.4 Å². The molecule has 1 aromatic rings. The number of rotatable bonds is 6. The third-order valence-corrected chi connectivity index (χ3v) is 16.2. The van der Waals surface area contributed by atoms with Gasteiger partial charge in [-0.2, -0.15) is 0 Å². The van der Waals surface area contributed by atoms with Gasteiger partial charge in [-0.25, -0.2) is 4.98 Å². The first-order chi connectivity index (χ1) is 13.0. The van der Waals surface area contributed by atoms with Crippen LogP contribution in [0.4, 0.5) is 5.82 Å². The lowest BCUT2D eigenvalue weighted by atomic mass is 10.1. The van der Waals surface area contributed by atoms with Crippen LogP contribution < -0.4 is 11.1 Å². The summed E-state index contributed by atoms with van der Waals surface area (Å²) in [5.74, 6) is 0.554. The van der Waals surface area contributed by atoms with Crippen LogP contribution in [0.1, 0.15) is 59.6 Å². The highest BCUT2D eigenvalue weighted by Gasteiger charge is 2.45. The minimum atomic E-state index is -1.88. The Bertz CT molecular complexity index is 679. The molecule has 7 heteroatoms. The summed E-state index contributed by atoms with van der Waals surface area (Å²) >= 11 is 0. The average Bonchev–Trinajstić information content (AvgIpc) is 2.93. The number of hydrogen-bond donors (Lipinski definition) is 2. The first kappa shape index (κ1) is 24.5. The van der Waals surface area contributed by atoms with Crippen LogP contribution in [0, 0.1) is 0 Å². The molecule has 5 nitrogen and oxygen atoms in total. The van der Waals surface area contributed by atoms with Gasteiger partial charge in [0.2, 0.25) is 0 Å². The molecule has 2 rings (SSSR count). The van der Waals surface area contributed by atoms with Gasteiger partial charge in [0.15, 0.2) is 16.6 Å². The van der Waals surface area contributed by atoms with E-state index in [4.69, 9.17) is 14.6 Å². The van der Waals surface area contributed by atoms with Crippen LogP contribution >= 0.6 is 0 Å². The molecule has 0 radical (unpaired) electrons. The number of anilines is 1. The fourth-order valence-electron chi connectivity index (χ4n) is 3.04. The van der Waals surface area contributed by atoms with Gasteiger partial charge >= 0.3 is 0 Å². The Hall–Kier alpha value is -0.736. The largest absolute Gasteiger partial charge is 0.415 e. The summed E-state index contributed by atoms with van der Waals surface area (Å²) in [6.45, 7) is 23.7. The SMILES string of the molecule is CC(C)(C)[Si](C)(C)OC[C@H]1N[C@@H](c2ccc(N)nc2)C[C@@H]1O[Si](C)(C)C(C)(C)C. The summed E-state index contributed by atoms with van der Waals surface area (Å²) in [5, 5.41) is 4.16. The van der Waals surface area contributed by atoms with Gasteiger partial charge in [-0.05, 0) is 54.3 Å². The summed E-state index contributed by atoms with van der Waals surface area (Å²) in [6.07, 6.45) is 2.96. The first-order valence-corrected chi connectivity index (χ1v) is 16.6. The molecular weight excluding hydrogens is 394 g/mol. The zero-order chi connectivity index (χ0) is 22.3. The van der Waals surface area contributed by atoms with Gasteiger partial charge in [-0.15, -0.1) is 0 Å². The van der Waals surface area contributed by atoms with Crippen molar-refractivity contribution in [1.29, 1.82) is 0 Å². The summed E-state index contributed by atoms with van der Waals surface area (Å²) < 4.78 is 13.5. The van der Waals surface area contributed by atoms with E-state index in [9.17, 15) is 0 Å². The highest BCUT2D eigenvalue weighted by atomic mass is 28.4. The quantitative estimate of drug-likeness (QED) is 0.577. The van der Waals surface area contributed by atoms with Crippen LogP contribution in [0.25, 0.3) is 0 Å². The van der Waals surface area contributed by atoms with Gasteiger partial charge in [0.25, 0.3) is 0 Å². The predicted molar refractivity (Wildman–Crippen MR) is 128 cm³/mol. The topological polar surface area (TPSA) is 69.4 Å². The fourth-order valence-corrected chi connectivity index (χ4v) is 5.44. The summed E-state index contributed by atoms with van der Waals surface area (Å²) in [4.78, 5) is 4.29. The summed E-state index contributed by atoms with van der Waals surface area (Å²) in [5.41, 5.74) is 6.95. The molecule has 3 N–H and O–H groups in total. The Balaban J connectivity index is 2.20. The molecule has 0 saturated carbocycles. The zero-order valence-corrected chi connectivity index (χ0v) is 22.2. The number of aromatic nitrogens is 1. The normalized spacial score (nSPS) is 24.1. The van der Waals surface area contributed by atoms with E-state index in [2.05, 4.69) is 84.1 Å². The second kappa shape index (κ2) is 8.42. The molecule has 29 heavy (non-hydrogen) atoms. The molecule has 0 amide bonds. The smallest absolute Gasteiger partial charge is 0.192 e. The molecule has 1 fully saturated rings. The van der Waals surface area contributed by atoms with Crippen LogP contribution in [0.3, 0.4) is 0 Å². The van der Waals surface area contributed by atoms with Crippen molar-refractivity contribution in [2.45, 2.75) is 102 Å². The summed E-state index contributed by atoms with van der Waals surface area (Å²) in [7, 11) is -3.70. The van der Waals surface area contributed by atoms with E-state index >= 15 is 0 Å². The van der Waals surface area contributed by atoms with Crippen molar-refractivity contribution < 1.29 is 8.85 Å².